The quantitative estimate of drug-likeness (QED) is 0.860. The number of rotatable bonds is 4. The van der Waals surface area contributed by atoms with Gasteiger partial charge in [0, 0.05) is 17.2 Å². The number of nitrogens with one attached hydrogen (secondary N) is 1. The molecule has 0 spiro atoms. The average Bonchev–Trinajstić information content (AvgIpc) is 2.37. The van der Waals surface area contributed by atoms with E-state index >= 15 is 0 Å². The minimum Gasteiger partial charge on any atom is -0.496 e. The molecule has 1 aromatic carbocycles. The fraction of sp³-hybridized carbons (Fsp3) is 0.500. The molecule has 1 aliphatic rings. The topological polar surface area (TPSA) is 67.8 Å². The molecule has 1 fully saturated rings. The lowest BCUT2D eigenvalue weighted by atomic mass is 9.89. The summed E-state index contributed by atoms with van der Waals surface area (Å²) >= 11 is 0. The van der Waals surface area contributed by atoms with Gasteiger partial charge in [0.15, 0.2) is 0 Å². The Bertz CT molecular complexity index is 455. The van der Waals surface area contributed by atoms with Crippen molar-refractivity contribution in [2.45, 2.75) is 31.9 Å². The third-order valence-corrected chi connectivity index (χ3v) is 3.46. The van der Waals surface area contributed by atoms with Crippen LogP contribution in [0.3, 0.4) is 0 Å². The molecule has 1 amide bonds. The van der Waals surface area contributed by atoms with Gasteiger partial charge in [-0.1, -0.05) is 0 Å². The molecule has 0 saturated heterocycles. The fourth-order valence-electron chi connectivity index (χ4n) is 2.19. The Kier molecular flexibility index (Phi) is 3.95. The molecule has 1 aromatic rings. The lowest BCUT2D eigenvalue weighted by Gasteiger charge is -2.32. The van der Waals surface area contributed by atoms with Crippen molar-refractivity contribution in [1.82, 2.24) is 5.32 Å². The van der Waals surface area contributed by atoms with Crippen molar-refractivity contribution in [2.24, 2.45) is 0 Å². The molecule has 0 aromatic heterocycles. The van der Waals surface area contributed by atoms with Crippen molar-refractivity contribution < 1.29 is 19.4 Å². The number of ether oxygens (including phenoxy) is 2. The predicted octanol–water partition coefficient (Wildman–Crippen LogP) is 1.27. The van der Waals surface area contributed by atoms with Crippen LogP contribution in [-0.2, 0) is 0 Å². The molecule has 0 radical (unpaired) electrons. The van der Waals surface area contributed by atoms with Gasteiger partial charge < -0.3 is 19.9 Å². The van der Waals surface area contributed by atoms with Crippen LogP contribution in [-0.4, -0.2) is 37.4 Å². The molecule has 0 heterocycles. The lowest BCUT2D eigenvalue weighted by Crippen LogP contribution is -2.46. The summed E-state index contributed by atoms with van der Waals surface area (Å²) in [5.41, 5.74) is 1.36. The molecule has 2 rings (SSSR count). The molecular formula is C14H19NO4. The van der Waals surface area contributed by atoms with Crippen LogP contribution in [0.4, 0.5) is 0 Å². The molecule has 104 valence electrons. The second-order valence-electron chi connectivity index (χ2n) is 4.80. The Hall–Kier alpha value is -1.75. The minimum atomic E-state index is -0.285. The van der Waals surface area contributed by atoms with E-state index in [0.717, 1.165) is 5.56 Å². The van der Waals surface area contributed by atoms with E-state index in [2.05, 4.69) is 5.32 Å². The van der Waals surface area contributed by atoms with Crippen LogP contribution in [0.25, 0.3) is 0 Å². The smallest absolute Gasteiger partial charge is 0.251 e. The normalized spacial score (nSPS) is 21.5. The van der Waals surface area contributed by atoms with Crippen LogP contribution in [0.15, 0.2) is 12.1 Å². The molecule has 0 atom stereocenters. The Morgan fingerprint density at radius 3 is 2.21 bits per heavy atom. The third kappa shape index (κ3) is 2.81. The van der Waals surface area contributed by atoms with Gasteiger partial charge in [-0.2, -0.15) is 0 Å². The summed E-state index contributed by atoms with van der Waals surface area (Å²) in [6.45, 7) is 1.88. The number of methoxy groups -OCH3 is 2. The molecule has 0 unspecified atom stereocenters. The zero-order valence-corrected chi connectivity index (χ0v) is 11.4. The zero-order chi connectivity index (χ0) is 14.0. The highest BCUT2D eigenvalue weighted by Crippen LogP contribution is 2.29. The molecule has 0 aliphatic heterocycles. The maximum Gasteiger partial charge on any atom is 0.251 e. The maximum absolute atomic E-state index is 12.1. The summed E-state index contributed by atoms with van der Waals surface area (Å²) in [6, 6.07) is 3.45. The Labute approximate surface area is 112 Å². The molecular weight excluding hydrogens is 246 g/mol. The van der Waals surface area contributed by atoms with Crippen LogP contribution in [0.2, 0.25) is 0 Å². The summed E-state index contributed by atoms with van der Waals surface area (Å²) in [5.74, 6) is 1.07. The van der Waals surface area contributed by atoms with Crippen molar-refractivity contribution in [1.29, 1.82) is 0 Å². The fourth-order valence-corrected chi connectivity index (χ4v) is 2.19. The monoisotopic (exact) mass is 265 g/mol. The summed E-state index contributed by atoms with van der Waals surface area (Å²) in [5, 5.41) is 12.1. The van der Waals surface area contributed by atoms with E-state index in [-0.39, 0.29) is 18.1 Å². The highest BCUT2D eigenvalue weighted by molar-refractivity contribution is 5.95. The van der Waals surface area contributed by atoms with Gasteiger partial charge in [-0.05, 0) is 31.9 Å². The average molecular weight is 265 g/mol. The Morgan fingerprint density at radius 2 is 1.79 bits per heavy atom. The molecule has 5 heteroatoms. The molecule has 1 aliphatic carbocycles. The first-order valence-corrected chi connectivity index (χ1v) is 6.26. The van der Waals surface area contributed by atoms with E-state index in [1.54, 1.807) is 26.4 Å². The van der Waals surface area contributed by atoms with Crippen LogP contribution < -0.4 is 14.8 Å². The van der Waals surface area contributed by atoms with E-state index in [4.69, 9.17) is 9.47 Å². The second kappa shape index (κ2) is 5.48. The Balaban J connectivity index is 2.16. The first-order chi connectivity index (χ1) is 9.05. The number of aliphatic hydroxyl groups excluding tert-OH is 1. The van der Waals surface area contributed by atoms with Crippen LogP contribution in [0, 0.1) is 6.92 Å². The highest BCUT2D eigenvalue weighted by atomic mass is 16.5. The van der Waals surface area contributed by atoms with Gasteiger partial charge in [-0.15, -0.1) is 0 Å². The van der Waals surface area contributed by atoms with Crippen LogP contribution >= 0.6 is 0 Å². The highest BCUT2D eigenvalue weighted by Gasteiger charge is 2.29. The summed E-state index contributed by atoms with van der Waals surface area (Å²) in [7, 11) is 3.12. The Morgan fingerprint density at radius 1 is 1.26 bits per heavy atom. The van der Waals surface area contributed by atoms with Gasteiger partial charge in [0.2, 0.25) is 0 Å². The van der Waals surface area contributed by atoms with E-state index in [1.165, 1.54) is 0 Å². The van der Waals surface area contributed by atoms with Crippen molar-refractivity contribution in [2.75, 3.05) is 14.2 Å². The molecule has 1 saturated carbocycles. The van der Waals surface area contributed by atoms with Gasteiger partial charge >= 0.3 is 0 Å². The second-order valence-corrected chi connectivity index (χ2v) is 4.80. The van der Waals surface area contributed by atoms with Gasteiger partial charge in [0.1, 0.15) is 11.5 Å². The molecule has 2 N–H and O–H groups in total. The third-order valence-electron chi connectivity index (χ3n) is 3.46. The van der Waals surface area contributed by atoms with Gasteiger partial charge in [-0.25, -0.2) is 0 Å². The van der Waals surface area contributed by atoms with Crippen molar-refractivity contribution in [3.8, 4) is 11.5 Å². The zero-order valence-electron chi connectivity index (χ0n) is 11.4. The van der Waals surface area contributed by atoms with Crippen molar-refractivity contribution in [3.05, 3.63) is 23.3 Å². The number of amides is 1. The molecule has 5 nitrogen and oxygen atoms in total. The van der Waals surface area contributed by atoms with E-state index in [1.807, 2.05) is 6.92 Å². The predicted molar refractivity (Wildman–Crippen MR) is 70.8 cm³/mol. The standard InChI is InChI=1S/C14H19NO4/c1-8-12(18-2)4-9(5-13(8)19-3)14(17)15-10-6-11(16)7-10/h4-5,10-11,16H,6-7H2,1-3H3,(H,15,17). The largest absolute Gasteiger partial charge is 0.496 e. The van der Waals surface area contributed by atoms with Crippen LogP contribution in [0.5, 0.6) is 11.5 Å². The van der Waals surface area contributed by atoms with Gasteiger partial charge in [0.05, 0.1) is 20.3 Å². The molecule has 0 bridgehead atoms. The number of aliphatic hydroxyl groups is 1. The van der Waals surface area contributed by atoms with Gasteiger partial charge in [-0.3, -0.25) is 4.79 Å². The van der Waals surface area contributed by atoms with Crippen molar-refractivity contribution in [3.63, 3.8) is 0 Å². The van der Waals surface area contributed by atoms with Crippen LogP contribution in [0.1, 0.15) is 28.8 Å². The number of carbonyl (C=O) groups excluding carboxylic acids is 1. The maximum atomic E-state index is 12.1. The first-order valence-electron chi connectivity index (χ1n) is 6.26. The summed E-state index contributed by atoms with van der Waals surface area (Å²) in [6.07, 6.45) is 0.949. The first kappa shape index (κ1) is 13.7. The van der Waals surface area contributed by atoms with E-state index in [0.29, 0.717) is 29.9 Å². The number of benzene rings is 1. The lowest BCUT2D eigenvalue weighted by molar-refractivity contribution is 0.0562. The summed E-state index contributed by atoms with van der Waals surface area (Å²) < 4.78 is 10.5. The summed E-state index contributed by atoms with van der Waals surface area (Å²) in [4.78, 5) is 12.1. The minimum absolute atomic E-state index is 0.0563. The van der Waals surface area contributed by atoms with E-state index in [9.17, 15) is 9.90 Å². The van der Waals surface area contributed by atoms with Crippen molar-refractivity contribution >= 4 is 5.91 Å². The SMILES string of the molecule is COc1cc(C(=O)NC2CC(O)C2)cc(OC)c1C. The number of hydrogen-bond acceptors (Lipinski definition) is 4. The van der Waals surface area contributed by atoms with Gasteiger partial charge in [0.25, 0.3) is 5.91 Å². The number of carbonyl (C=O) groups is 1. The molecule has 19 heavy (non-hydrogen) atoms. The van der Waals surface area contributed by atoms with E-state index < -0.39 is 0 Å². The number of hydrogen-bond donors (Lipinski definition) is 2.